The van der Waals surface area contributed by atoms with Gasteiger partial charge in [-0.05, 0) is 24.3 Å². The zero-order valence-electron chi connectivity index (χ0n) is 15.4. The third-order valence-electron chi connectivity index (χ3n) is 5.21. The Hall–Kier alpha value is -2.48. The van der Waals surface area contributed by atoms with Gasteiger partial charge in [-0.1, -0.05) is 13.8 Å². The lowest BCUT2D eigenvalue weighted by Gasteiger charge is -2.44. The van der Waals surface area contributed by atoms with Crippen LogP contribution in [0.4, 0.5) is 4.39 Å². The molecule has 0 saturated carbocycles. The first-order chi connectivity index (χ1) is 12.7. The molecule has 1 aromatic carbocycles. The molecule has 146 valence electrons. The van der Waals surface area contributed by atoms with Crippen molar-refractivity contribution in [3.05, 3.63) is 35.6 Å². The number of hydrogen-bond donors (Lipinski definition) is 1. The number of amides is 2. The average Bonchev–Trinajstić information content (AvgIpc) is 3.00. The summed E-state index contributed by atoms with van der Waals surface area (Å²) in [6, 6.07) is 3.88. The second kappa shape index (κ2) is 7.26. The van der Waals surface area contributed by atoms with E-state index in [9.17, 15) is 23.9 Å². The lowest BCUT2D eigenvalue weighted by atomic mass is 9.96. The fraction of sp³-hybridized carbons (Fsp3) is 0.526. The Labute approximate surface area is 156 Å². The second-order valence-electron chi connectivity index (χ2n) is 7.27. The summed E-state index contributed by atoms with van der Waals surface area (Å²) in [5, 5.41) is 9.55. The molecule has 8 heteroatoms. The topological polar surface area (TPSA) is 87.2 Å². The number of ether oxygens (including phenoxy) is 1. The van der Waals surface area contributed by atoms with Crippen LogP contribution in [0.25, 0.3) is 0 Å². The summed E-state index contributed by atoms with van der Waals surface area (Å²) >= 11 is 0. The predicted octanol–water partition coefficient (Wildman–Crippen LogP) is 1.73. The standard InChI is InChI=1S/C19H23FN2O5/c1-12(2)16(23)21-9-7-19(8-10-21)22(15(11-27-19)18(25)26)17(24)13-3-5-14(20)6-4-13/h3-6,12,15H,7-11H2,1-2H3,(H,25,26)/t15-/m0/s1. The maximum absolute atomic E-state index is 13.2. The predicted molar refractivity (Wildman–Crippen MR) is 93.3 cm³/mol. The van der Waals surface area contributed by atoms with Crippen LogP contribution in [0.5, 0.6) is 0 Å². The van der Waals surface area contributed by atoms with Gasteiger partial charge in [-0.3, -0.25) is 14.5 Å². The van der Waals surface area contributed by atoms with Gasteiger partial charge in [0, 0.05) is 37.4 Å². The van der Waals surface area contributed by atoms with E-state index in [1.807, 2.05) is 13.8 Å². The van der Waals surface area contributed by atoms with Gasteiger partial charge in [-0.2, -0.15) is 0 Å². The van der Waals surface area contributed by atoms with E-state index in [4.69, 9.17) is 4.74 Å². The summed E-state index contributed by atoms with van der Waals surface area (Å²) < 4.78 is 19.0. The van der Waals surface area contributed by atoms with Crippen molar-refractivity contribution >= 4 is 17.8 Å². The molecule has 1 aromatic rings. The molecule has 2 aliphatic rings. The number of benzene rings is 1. The second-order valence-corrected chi connectivity index (χ2v) is 7.27. The van der Waals surface area contributed by atoms with Crippen LogP contribution in [0.3, 0.4) is 0 Å². The molecule has 0 aromatic heterocycles. The smallest absolute Gasteiger partial charge is 0.328 e. The molecule has 27 heavy (non-hydrogen) atoms. The molecule has 0 bridgehead atoms. The van der Waals surface area contributed by atoms with Crippen molar-refractivity contribution in [2.45, 2.75) is 38.5 Å². The Morgan fingerprint density at radius 1 is 1.19 bits per heavy atom. The highest BCUT2D eigenvalue weighted by Gasteiger charge is 2.54. The SMILES string of the molecule is CC(C)C(=O)N1CCC2(CC1)OC[C@@H](C(=O)O)N2C(=O)c1ccc(F)cc1. The Balaban J connectivity index is 1.86. The van der Waals surface area contributed by atoms with Crippen molar-refractivity contribution in [3.8, 4) is 0 Å². The van der Waals surface area contributed by atoms with Gasteiger partial charge in [0.15, 0.2) is 6.04 Å². The van der Waals surface area contributed by atoms with Crippen LogP contribution < -0.4 is 0 Å². The fourth-order valence-corrected chi connectivity index (χ4v) is 3.73. The minimum absolute atomic E-state index is 0.0223. The van der Waals surface area contributed by atoms with Crippen LogP contribution >= 0.6 is 0 Å². The average molecular weight is 378 g/mol. The van der Waals surface area contributed by atoms with Gasteiger partial charge < -0.3 is 14.7 Å². The van der Waals surface area contributed by atoms with Crippen molar-refractivity contribution in [1.82, 2.24) is 9.80 Å². The zero-order chi connectivity index (χ0) is 19.8. The molecule has 2 saturated heterocycles. The van der Waals surface area contributed by atoms with Crippen molar-refractivity contribution in [1.29, 1.82) is 0 Å². The largest absolute Gasteiger partial charge is 0.480 e. The number of likely N-dealkylation sites (tertiary alicyclic amines) is 1. The molecular formula is C19H23FN2O5. The summed E-state index contributed by atoms with van der Waals surface area (Å²) in [6.07, 6.45) is 0.671. The molecule has 0 radical (unpaired) electrons. The normalized spacial score (nSPS) is 21.7. The number of carboxylic acid groups (broad SMARTS) is 1. The van der Waals surface area contributed by atoms with E-state index in [2.05, 4.69) is 0 Å². The summed E-state index contributed by atoms with van der Waals surface area (Å²) in [5.74, 6) is -2.25. The first kappa shape index (κ1) is 19.3. The van der Waals surface area contributed by atoms with E-state index in [0.29, 0.717) is 25.9 Å². The van der Waals surface area contributed by atoms with Crippen molar-refractivity contribution < 1.29 is 28.6 Å². The first-order valence-electron chi connectivity index (χ1n) is 9.00. The third kappa shape index (κ3) is 3.53. The van der Waals surface area contributed by atoms with Crippen molar-refractivity contribution in [3.63, 3.8) is 0 Å². The number of rotatable bonds is 3. The number of nitrogens with zero attached hydrogens (tertiary/aromatic N) is 2. The highest BCUT2D eigenvalue weighted by molar-refractivity contribution is 5.97. The Morgan fingerprint density at radius 3 is 2.30 bits per heavy atom. The van der Waals surface area contributed by atoms with E-state index in [0.717, 1.165) is 12.1 Å². The molecule has 2 fully saturated rings. The molecule has 1 N–H and O–H groups in total. The minimum Gasteiger partial charge on any atom is -0.480 e. The lowest BCUT2D eigenvalue weighted by Crippen LogP contribution is -2.59. The molecule has 1 atom stereocenters. The van der Waals surface area contributed by atoms with Crippen LogP contribution in [-0.2, 0) is 14.3 Å². The minimum atomic E-state index is -1.15. The molecular weight excluding hydrogens is 355 g/mol. The molecule has 3 rings (SSSR count). The maximum Gasteiger partial charge on any atom is 0.328 e. The number of aliphatic carboxylic acids is 1. The quantitative estimate of drug-likeness (QED) is 0.866. The van der Waals surface area contributed by atoms with E-state index < -0.39 is 29.5 Å². The summed E-state index contributed by atoms with van der Waals surface area (Å²) in [5.41, 5.74) is -0.865. The Morgan fingerprint density at radius 2 is 1.78 bits per heavy atom. The van der Waals surface area contributed by atoms with Crippen LogP contribution in [0.1, 0.15) is 37.0 Å². The molecule has 7 nitrogen and oxygen atoms in total. The van der Waals surface area contributed by atoms with Crippen LogP contribution in [0.15, 0.2) is 24.3 Å². The number of carboxylic acids is 1. The molecule has 0 aliphatic carbocycles. The summed E-state index contributed by atoms with van der Waals surface area (Å²) in [7, 11) is 0. The highest BCUT2D eigenvalue weighted by atomic mass is 19.1. The van der Waals surface area contributed by atoms with Crippen molar-refractivity contribution in [2.24, 2.45) is 5.92 Å². The molecule has 1 spiro atoms. The van der Waals surface area contributed by atoms with E-state index in [1.165, 1.54) is 17.0 Å². The monoisotopic (exact) mass is 378 g/mol. The third-order valence-corrected chi connectivity index (χ3v) is 5.21. The molecule has 0 unspecified atom stereocenters. The van der Waals surface area contributed by atoms with Crippen LogP contribution in [-0.4, -0.2) is 64.2 Å². The van der Waals surface area contributed by atoms with Gasteiger partial charge in [0.1, 0.15) is 11.5 Å². The number of piperidine rings is 1. The van der Waals surface area contributed by atoms with E-state index >= 15 is 0 Å². The van der Waals surface area contributed by atoms with Crippen LogP contribution in [0.2, 0.25) is 0 Å². The van der Waals surface area contributed by atoms with Crippen molar-refractivity contribution in [2.75, 3.05) is 19.7 Å². The number of carbonyl (C=O) groups excluding carboxylic acids is 2. The molecule has 2 amide bonds. The van der Waals surface area contributed by atoms with Gasteiger partial charge in [-0.15, -0.1) is 0 Å². The van der Waals surface area contributed by atoms with Crippen LogP contribution in [0, 0.1) is 11.7 Å². The zero-order valence-corrected chi connectivity index (χ0v) is 15.4. The lowest BCUT2D eigenvalue weighted by molar-refractivity contribution is -0.149. The molecule has 2 heterocycles. The molecule has 2 aliphatic heterocycles. The van der Waals surface area contributed by atoms with Gasteiger partial charge in [-0.25, -0.2) is 9.18 Å². The number of carbonyl (C=O) groups is 3. The number of halogens is 1. The maximum atomic E-state index is 13.2. The Kier molecular flexibility index (Phi) is 5.19. The summed E-state index contributed by atoms with van der Waals surface area (Å²) in [6.45, 7) is 4.31. The van der Waals surface area contributed by atoms with E-state index in [-0.39, 0.29) is 24.0 Å². The first-order valence-corrected chi connectivity index (χ1v) is 9.00. The highest BCUT2D eigenvalue weighted by Crippen LogP contribution is 2.38. The number of hydrogen-bond acceptors (Lipinski definition) is 4. The van der Waals surface area contributed by atoms with Gasteiger partial charge in [0.2, 0.25) is 5.91 Å². The van der Waals surface area contributed by atoms with Gasteiger partial charge >= 0.3 is 5.97 Å². The fourth-order valence-electron chi connectivity index (χ4n) is 3.73. The van der Waals surface area contributed by atoms with E-state index in [1.54, 1.807) is 4.90 Å². The summed E-state index contributed by atoms with van der Waals surface area (Å²) in [4.78, 5) is 39.9. The van der Waals surface area contributed by atoms with Gasteiger partial charge in [0.25, 0.3) is 5.91 Å². The van der Waals surface area contributed by atoms with Gasteiger partial charge in [0.05, 0.1) is 6.61 Å². The Bertz CT molecular complexity index is 741.